The molecule has 2 N–H and O–H groups in total. The molecule has 1 atom stereocenters. The van der Waals surface area contributed by atoms with Crippen molar-refractivity contribution >= 4 is 11.6 Å². The lowest BCUT2D eigenvalue weighted by molar-refractivity contribution is -0.131. The van der Waals surface area contributed by atoms with Crippen molar-refractivity contribution in [3.8, 4) is 11.5 Å². The van der Waals surface area contributed by atoms with Gasteiger partial charge in [0.05, 0.1) is 18.1 Å². The van der Waals surface area contributed by atoms with Crippen molar-refractivity contribution in [3.05, 3.63) is 40.7 Å². The number of phenols is 1. The number of aromatic hydroxyl groups is 1. The SMILES string of the molecule is Cc1c(C)c2c(c(C)c1O)CCC(C)(C(=O)Nc1cnc(F)nc1)O2. The van der Waals surface area contributed by atoms with Gasteiger partial charge in [-0.15, -0.1) is 0 Å². The van der Waals surface area contributed by atoms with E-state index < -0.39 is 11.7 Å². The average molecular weight is 345 g/mol. The number of hydrogen-bond donors (Lipinski definition) is 2. The Morgan fingerprint density at radius 2 is 1.88 bits per heavy atom. The zero-order valence-corrected chi connectivity index (χ0v) is 14.6. The summed E-state index contributed by atoms with van der Waals surface area (Å²) in [6, 6.07) is 0. The van der Waals surface area contributed by atoms with Gasteiger partial charge in [-0.3, -0.25) is 4.79 Å². The Kier molecular flexibility index (Phi) is 4.10. The third-order valence-corrected chi connectivity index (χ3v) is 4.88. The van der Waals surface area contributed by atoms with Gasteiger partial charge in [-0.1, -0.05) is 0 Å². The van der Waals surface area contributed by atoms with E-state index in [-0.39, 0.29) is 11.7 Å². The minimum absolute atomic E-state index is 0.274. The van der Waals surface area contributed by atoms with Gasteiger partial charge >= 0.3 is 6.08 Å². The second-order valence-electron chi connectivity index (χ2n) is 6.56. The Hall–Kier alpha value is -2.70. The van der Waals surface area contributed by atoms with Crippen molar-refractivity contribution in [1.82, 2.24) is 9.97 Å². The van der Waals surface area contributed by atoms with Crippen LogP contribution in [0.25, 0.3) is 0 Å². The molecule has 0 fully saturated rings. The number of phenolic OH excluding ortho intramolecular Hbond substituents is 1. The number of ether oxygens (including phenoxy) is 1. The van der Waals surface area contributed by atoms with Gasteiger partial charge in [0, 0.05) is 12.0 Å². The molecule has 2 heterocycles. The number of hydrogen-bond acceptors (Lipinski definition) is 5. The summed E-state index contributed by atoms with van der Waals surface area (Å²) < 4.78 is 18.9. The number of rotatable bonds is 2. The number of aromatic nitrogens is 2. The maximum Gasteiger partial charge on any atom is 0.308 e. The Labute approximate surface area is 145 Å². The van der Waals surface area contributed by atoms with E-state index in [0.29, 0.717) is 24.3 Å². The zero-order valence-electron chi connectivity index (χ0n) is 14.6. The smallest absolute Gasteiger partial charge is 0.308 e. The van der Waals surface area contributed by atoms with Crippen LogP contribution in [-0.4, -0.2) is 26.6 Å². The summed E-state index contributed by atoms with van der Waals surface area (Å²) in [6.45, 7) is 7.25. The average Bonchev–Trinajstić information content (AvgIpc) is 2.60. The topological polar surface area (TPSA) is 84.3 Å². The molecule has 7 heteroatoms. The van der Waals surface area contributed by atoms with Crippen LogP contribution in [0.2, 0.25) is 0 Å². The van der Waals surface area contributed by atoms with Gasteiger partial charge in [0.25, 0.3) is 5.91 Å². The minimum Gasteiger partial charge on any atom is -0.507 e. The van der Waals surface area contributed by atoms with Crippen LogP contribution in [0.15, 0.2) is 12.4 Å². The molecule has 1 aromatic heterocycles. The van der Waals surface area contributed by atoms with Gasteiger partial charge in [0.1, 0.15) is 11.5 Å². The van der Waals surface area contributed by atoms with Gasteiger partial charge in [-0.25, -0.2) is 9.97 Å². The fourth-order valence-corrected chi connectivity index (χ4v) is 3.05. The first-order valence-electron chi connectivity index (χ1n) is 8.02. The molecule has 3 rings (SSSR count). The highest BCUT2D eigenvalue weighted by molar-refractivity contribution is 5.97. The summed E-state index contributed by atoms with van der Waals surface area (Å²) in [5.41, 5.74) is 2.50. The summed E-state index contributed by atoms with van der Waals surface area (Å²) in [4.78, 5) is 19.5. The van der Waals surface area contributed by atoms with Crippen molar-refractivity contribution in [3.63, 3.8) is 0 Å². The Morgan fingerprint density at radius 3 is 2.52 bits per heavy atom. The normalized spacial score (nSPS) is 19.1. The van der Waals surface area contributed by atoms with Crippen molar-refractivity contribution in [2.75, 3.05) is 5.32 Å². The largest absolute Gasteiger partial charge is 0.507 e. The van der Waals surface area contributed by atoms with E-state index in [9.17, 15) is 14.3 Å². The second kappa shape index (κ2) is 5.98. The van der Waals surface area contributed by atoms with Crippen LogP contribution in [0.4, 0.5) is 10.1 Å². The summed E-state index contributed by atoms with van der Waals surface area (Å²) >= 11 is 0. The highest BCUT2D eigenvalue weighted by Crippen LogP contribution is 2.43. The van der Waals surface area contributed by atoms with Crippen LogP contribution in [0, 0.1) is 26.8 Å². The molecule has 1 aromatic carbocycles. The van der Waals surface area contributed by atoms with Crippen molar-refractivity contribution in [2.45, 2.75) is 46.1 Å². The standard InChI is InChI=1S/C18H20FN3O3/c1-9-10(2)15-13(11(3)14(9)23)5-6-18(4,25-15)16(24)22-12-7-20-17(19)21-8-12/h7-8,23H,5-6H2,1-4H3,(H,22,24). The van der Waals surface area contributed by atoms with Crippen LogP contribution in [0.1, 0.15) is 35.6 Å². The molecule has 1 aliphatic heterocycles. The molecule has 0 saturated heterocycles. The summed E-state index contributed by atoms with van der Waals surface area (Å²) in [5.74, 6) is 0.569. The van der Waals surface area contributed by atoms with E-state index in [1.165, 1.54) is 12.4 Å². The first-order chi connectivity index (χ1) is 11.7. The quantitative estimate of drug-likeness (QED) is 0.818. The molecule has 6 nitrogen and oxygen atoms in total. The van der Waals surface area contributed by atoms with Crippen LogP contribution in [0.3, 0.4) is 0 Å². The predicted molar refractivity (Wildman–Crippen MR) is 90.3 cm³/mol. The minimum atomic E-state index is -1.08. The van der Waals surface area contributed by atoms with Gasteiger partial charge in [0.15, 0.2) is 5.60 Å². The fraction of sp³-hybridized carbons (Fsp3) is 0.389. The number of nitrogens with zero attached hydrogens (tertiary/aromatic N) is 2. The molecule has 1 aliphatic rings. The van der Waals surface area contributed by atoms with Crippen molar-refractivity contribution < 1.29 is 19.0 Å². The molecular formula is C18H20FN3O3. The molecular weight excluding hydrogens is 325 g/mol. The van der Waals surface area contributed by atoms with Crippen LogP contribution < -0.4 is 10.1 Å². The number of halogens is 1. The van der Waals surface area contributed by atoms with E-state index in [1.807, 2.05) is 20.8 Å². The molecule has 0 bridgehead atoms. The molecule has 0 radical (unpaired) electrons. The monoisotopic (exact) mass is 345 g/mol. The number of carbonyl (C=O) groups is 1. The lowest BCUT2D eigenvalue weighted by atomic mass is 9.86. The molecule has 132 valence electrons. The van der Waals surface area contributed by atoms with E-state index in [1.54, 1.807) is 6.92 Å². The summed E-state index contributed by atoms with van der Waals surface area (Å²) in [7, 11) is 0. The Balaban J connectivity index is 1.90. The highest BCUT2D eigenvalue weighted by atomic mass is 19.1. The van der Waals surface area contributed by atoms with Crippen molar-refractivity contribution in [1.29, 1.82) is 0 Å². The number of nitrogens with one attached hydrogen (secondary N) is 1. The van der Waals surface area contributed by atoms with Crippen molar-refractivity contribution in [2.24, 2.45) is 0 Å². The maximum atomic E-state index is 12.8. The zero-order chi connectivity index (χ0) is 18.4. The molecule has 25 heavy (non-hydrogen) atoms. The van der Waals surface area contributed by atoms with Gasteiger partial charge in [-0.2, -0.15) is 4.39 Å². The number of anilines is 1. The fourth-order valence-electron chi connectivity index (χ4n) is 3.05. The second-order valence-corrected chi connectivity index (χ2v) is 6.56. The third-order valence-electron chi connectivity index (χ3n) is 4.88. The molecule has 0 spiro atoms. The van der Waals surface area contributed by atoms with Gasteiger partial charge in [0.2, 0.25) is 0 Å². The Morgan fingerprint density at radius 1 is 1.24 bits per heavy atom. The molecule has 0 saturated carbocycles. The number of benzene rings is 1. The first-order valence-corrected chi connectivity index (χ1v) is 8.02. The summed E-state index contributed by atoms with van der Waals surface area (Å²) in [5, 5.41) is 12.9. The van der Waals surface area contributed by atoms with E-state index in [4.69, 9.17) is 4.74 Å². The molecule has 0 aliphatic carbocycles. The molecule has 2 aromatic rings. The summed E-state index contributed by atoms with van der Waals surface area (Å²) in [6.07, 6.45) is 2.63. The lowest BCUT2D eigenvalue weighted by Gasteiger charge is -2.36. The number of amides is 1. The van der Waals surface area contributed by atoms with E-state index in [2.05, 4.69) is 15.3 Å². The van der Waals surface area contributed by atoms with Crippen LogP contribution in [0.5, 0.6) is 11.5 Å². The lowest BCUT2D eigenvalue weighted by Crippen LogP contribution is -2.48. The molecule has 1 unspecified atom stereocenters. The highest BCUT2D eigenvalue weighted by Gasteiger charge is 2.40. The first kappa shape index (κ1) is 17.1. The Bertz CT molecular complexity index is 852. The van der Waals surface area contributed by atoms with Gasteiger partial charge < -0.3 is 15.2 Å². The molecule has 1 amide bonds. The maximum absolute atomic E-state index is 12.8. The van der Waals surface area contributed by atoms with E-state index >= 15 is 0 Å². The van der Waals surface area contributed by atoms with E-state index in [0.717, 1.165) is 22.3 Å². The predicted octanol–water partition coefficient (Wildman–Crippen LogP) is 2.97. The number of carbonyl (C=O) groups excluding carboxylic acids is 1. The van der Waals surface area contributed by atoms with Crippen LogP contribution >= 0.6 is 0 Å². The third kappa shape index (κ3) is 2.90. The van der Waals surface area contributed by atoms with Crippen LogP contribution in [-0.2, 0) is 11.2 Å². The number of fused-ring (bicyclic) bond motifs is 1. The van der Waals surface area contributed by atoms with Gasteiger partial charge in [-0.05, 0) is 50.8 Å².